The number of phenols is 1. The van der Waals surface area contributed by atoms with Gasteiger partial charge in [0, 0.05) is 54.1 Å². The lowest BCUT2D eigenvalue weighted by molar-refractivity contribution is -0.173. The third-order valence-corrected chi connectivity index (χ3v) is 11.4. The molecule has 6 unspecified atom stereocenters. The summed E-state index contributed by atoms with van der Waals surface area (Å²) in [6.07, 6.45) is 16.3. The van der Waals surface area contributed by atoms with Gasteiger partial charge in [0.1, 0.15) is 39.9 Å². The Bertz CT molecular complexity index is 2330. The van der Waals surface area contributed by atoms with E-state index in [2.05, 4.69) is 50.8 Å². The molecule has 1 aromatic carbocycles. The van der Waals surface area contributed by atoms with Crippen LogP contribution in [0.4, 0.5) is 0 Å². The summed E-state index contributed by atoms with van der Waals surface area (Å²) in [5.74, 6) is 1.02. The number of epoxide rings is 1. The number of aryl methyl sites for hydroxylation is 1. The summed E-state index contributed by atoms with van der Waals surface area (Å²) >= 11 is 0. The standard InChI is InChI=1S/C40H44N6O7/c1-20-11-28(47)35-29(50-20)16-30-34(36(35)48)25-5-4-9-40(38(49)51-37(25)39(2,3)52-30)31(53-40)7-6-21-12-26(45-32(41)13-21)23-14-24(44-33(42)15-23)18-46-17-22-8-10-43-27(22)19-46/h8,10-17,19,24-26,31,37,43-45,48H,4-7,9,18,41-42H2,1-3H3. The van der Waals surface area contributed by atoms with Crippen LogP contribution in [0.15, 0.2) is 93.1 Å². The van der Waals surface area contributed by atoms with E-state index >= 15 is 0 Å². The number of carbonyl (C=O) groups is 1. The first-order chi connectivity index (χ1) is 25.4. The zero-order chi connectivity index (χ0) is 36.8. The normalized spacial score (nSPS) is 28.9. The number of aromatic hydroxyl groups is 1. The topological polar surface area (TPSA) is 195 Å². The first-order valence-corrected chi connectivity index (χ1v) is 18.3. The van der Waals surface area contributed by atoms with Crippen molar-refractivity contribution in [3.8, 4) is 11.5 Å². The van der Waals surface area contributed by atoms with E-state index in [9.17, 15) is 14.7 Å². The summed E-state index contributed by atoms with van der Waals surface area (Å²) in [5, 5.41) is 19.4. The monoisotopic (exact) mass is 720 g/mol. The van der Waals surface area contributed by atoms with E-state index in [1.165, 1.54) is 6.07 Å². The van der Waals surface area contributed by atoms with Gasteiger partial charge in [0.05, 0.1) is 35.3 Å². The predicted molar refractivity (Wildman–Crippen MR) is 198 cm³/mol. The molecule has 4 aromatic rings. The van der Waals surface area contributed by atoms with Gasteiger partial charge in [0.2, 0.25) is 0 Å². The molecule has 13 nitrogen and oxygen atoms in total. The molecule has 0 saturated carbocycles. The van der Waals surface area contributed by atoms with Crippen LogP contribution in [0.2, 0.25) is 0 Å². The molecule has 0 aliphatic carbocycles. The number of benzene rings is 1. The first-order valence-electron chi connectivity index (χ1n) is 18.3. The molecular formula is C40H44N6O7. The minimum Gasteiger partial charge on any atom is -0.507 e. The van der Waals surface area contributed by atoms with Crippen LogP contribution < -0.4 is 32.3 Å². The number of dihydropyridines is 2. The lowest BCUT2D eigenvalue weighted by Gasteiger charge is -2.45. The smallest absolute Gasteiger partial charge is 0.341 e. The molecule has 2 saturated heterocycles. The molecule has 53 heavy (non-hydrogen) atoms. The second-order valence-corrected chi connectivity index (χ2v) is 15.6. The Morgan fingerprint density at radius 1 is 1.08 bits per heavy atom. The number of nitrogens with zero attached hydrogens (tertiary/aromatic N) is 1. The molecule has 5 aliphatic rings. The molecule has 5 aliphatic heterocycles. The first kappa shape index (κ1) is 33.3. The van der Waals surface area contributed by atoms with Crippen molar-refractivity contribution in [2.24, 2.45) is 11.5 Å². The Hall–Kier alpha value is -5.56. The molecule has 13 heteroatoms. The van der Waals surface area contributed by atoms with Crippen LogP contribution in [-0.2, 0) is 20.8 Å². The minimum absolute atomic E-state index is 0.0118. The van der Waals surface area contributed by atoms with Crippen molar-refractivity contribution in [1.82, 2.24) is 20.2 Å². The number of hydrogen-bond donors (Lipinski definition) is 6. The molecule has 3 aromatic heterocycles. The van der Waals surface area contributed by atoms with Crippen molar-refractivity contribution in [3.05, 3.63) is 105 Å². The fourth-order valence-corrected chi connectivity index (χ4v) is 8.91. The van der Waals surface area contributed by atoms with Gasteiger partial charge in [-0.05, 0) is 82.2 Å². The van der Waals surface area contributed by atoms with Crippen LogP contribution >= 0.6 is 0 Å². The maximum Gasteiger partial charge on any atom is 0.341 e. The molecular weight excluding hydrogens is 676 g/mol. The predicted octanol–water partition coefficient (Wildman–Crippen LogP) is 4.45. The average molecular weight is 721 g/mol. The van der Waals surface area contributed by atoms with Gasteiger partial charge in [-0.1, -0.05) is 12.2 Å². The van der Waals surface area contributed by atoms with Crippen LogP contribution in [0.1, 0.15) is 63.2 Å². The maximum atomic E-state index is 14.0. The third-order valence-electron chi connectivity index (χ3n) is 11.4. The van der Waals surface area contributed by atoms with Crippen LogP contribution in [0, 0.1) is 6.92 Å². The van der Waals surface area contributed by atoms with E-state index in [-0.39, 0.29) is 46.3 Å². The second kappa shape index (κ2) is 12.0. The summed E-state index contributed by atoms with van der Waals surface area (Å²) in [6.45, 7) is 6.13. The number of carbonyl (C=O) groups excluding carboxylic acids is 1. The van der Waals surface area contributed by atoms with E-state index < -0.39 is 23.3 Å². The number of phenolic OH excluding ortho intramolecular Hbond substituents is 1. The highest BCUT2D eigenvalue weighted by molar-refractivity contribution is 5.88. The lowest BCUT2D eigenvalue weighted by atomic mass is 9.76. The summed E-state index contributed by atoms with van der Waals surface area (Å²) in [5.41, 5.74) is 14.3. The van der Waals surface area contributed by atoms with Crippen LogP contribution in [-0.4, -0.2) is 56.1 Å². The number of H-pyrrole nitrogens is 1. The highest BCUT2D eigenvalue weighted by atomic mass is 16.7. The van der Waals surface area contributed by atoms with E-state index in [0.29, 0.717) is 67.4 Å². The number of nitrogens with two attached hydrogens (primary N) is 2. The molecule has 9 rings (SSSR count). The number of nitrogens with one attached hydrogen (secondary N) is 3. The van der Waals surface area contributed by atoms with E-state index in [0.717, 1.165) is 22.0 Å². The SMILES string of the molecule is Cc1cc(=O)c2c(O)c3c(cc2o1)OC(C)(C)C1OC(=O)C2(CCCC31)OC2CCC1=CC(C2=CC(Cn3cc4cc[nH]c4c3)NC(N)=C2)NC(N)=C1. The van der Waals surface area contributed by atoms with Gasteiger partial charge in [0.25, 0.3) is 0 Å². The van der Waals surface area contributed by atoms with Gasteiger partial charge in [-0.15, -0.1) is 0 Å². The number of esters is 1. The molecule has 1 spiro atoms. The summed E-state index contributed by atoms with van der Waals surface area (Å²) in [6, 6.07) is 4.89. The fourth-order valence-electron chi connectivity index (χ4n) is 8.91. The van der Waals surface area contributed by atoms with Crippen LogP contribution in [0.5, 0.6) is 11.5 Å². The number of ether oxygens (including phenoxy) is 3. The number of fused-ring (bicyclic) bond motifs is 5. The van der Waals surface area contributed by atoms with Crippen molar-refractivity contribution in [3.63, 3.8) is 0 Å². The Kier molecular flexibility index (Phi) is 7.53. The number of aromatic nitrogens is 2. The van der Waals surface area contributed by atoms with Gasteiger partial charge in [-0.3, -0.25) is 4.79 Å². The van der Waals surface area contributed by atoms with Crippen LogP contribution in [0.25, 0.3) is 21.9 Å². The Labute approximate surface area is 305 Å². The molecule has 8 N–H and O–H groups in total. The highest BCUT2D eigenvalue weighted by Gasteiger charge is 2.65. The quantitative estimate of drug-likeness (QED) is 0.122. The third kappa shape index (κ3) is 5.74. The highest BCUT2D eigenvalue weighted by Crippen LogP contribution is 2.54. The van der Waals surface area contributed by atoms with E-state index in [1.54, 1.807) is 13.0 Å². The molecule has 276 valence electrons. The van der Waals surface area contributed by atoms with Gasteiger partial charge in [-0.25, -0.2) is 4.79 Å². The van der Waals surface area contributed by atoms with Crippen molar-refractivity contribution >= 4 is 27.8 Å². The summed E-state index contributed by atoms with van der Waals surface area (Å²) in [4.78, 5) is 30.1. The van der Waals surface area contributed by atoms with E-state index in [1.807, 2.05) is 32.2 Å². The molecule has 2 fully saturated rings. The van der Waals surface area contributed by atoms with Gasteiger partial charge in [0.15, 0.2) is 11.0 Å². The largest absolute Gasteiger partial charge is 0.507 e. The number of aromatic amines is 1. The Balaban J connectivity index is 0.896. The summed E-state index contributed by atoms with van der Waals surface area (Å²) < 4.78 is 26.8. The fraction of sp³-hybridized carbons (Fsp3) is 0.400. The molecule has 6 atom stereocenters. The minimum atomic E-state index is -1.04. The lowest BCUT2D eigenvalue weighted by Crippen LogP contribution is -2.53. The zero-order valence-corrected chi connectivity index (χ0v) is 29.9. The molecule has 0 amide bonds. The molecule has 0 radical (unpaired) electrons. The number of hydrogen-bond acceptors (Lipinski definition) is 11. The number of rotatable bonds is 6. The maximum absolute atomic E-state index is 14.0. The van der Waals surface area contributed by atoms with Gasteiger partial charge in [-0.2, -0.15) is 0 Å². The summed E-state index contributed by atoms with van der Waals surface area (Å²) in [7, 11) is 0. The van der Waals surface area contributed by atoms with Gasteiger partial charge >= 0.3 is 5.97 Å². The number of allylic oxidation sites excluding steroid dienone is 2. The molecule has 0 bridgehead atoms. The van der Waals surface area contributed by atoms with Crippen molar-refractivity contribution < 1.29 is 28.5 Å². The van der Waals surface area contributed by atoms with Crippen LogP contribution in [0.3, 0.4) is 0 Å². The zero-order valence-electron chi connectivity index (χ0n) is 29.9. The average Bonchev–Trinajstić information content (AvgIpc) is 3.40. The Morgan fingerprint density at radius 2 is 1.91 bits per heavy atom. The molecule has 8 heterocycles. The van der Waals surface area contributed by atoms with Gasteiger partial charge < -0.3 is 55.4 Å². The van der Waals surface area contributed by atoms with Crippen molar-refractivity contribution in [2.45, 2.75) is 101 Å². The second-order valence-electron chi connectivity index (χ2n) is 15.6. The van der Waals surface area contributed by atoms with Crippen molar-refractivity contribution in [1.29, 1.82) is 0 Å². The van der Waals surface area contributed by atoms with Crippen molar-refractivity contribution in [2.75, 3.05) is 0 Å². The Morgan fingerprint density at radius 3 is 2.74 bits per heavy atom. The van der Waals surface area contributed by atoms with E-state index in [4.69, 9.17) is 30.1 Å².